The summed E-state index contributed by atoms with van der Waals surface area (Å²) in [6.07, 6.45) is 0. The highest BCUT2D eigenvalue weighted by molar-refractivity contribution is 7.89. The zero-order valence-electron chi connectivity index (χ0n) is 8.75. The topological polar surface area (TPSA) is 66.4 Å². The normalized spacial score (nSPS) is 13.7. The molecule has 17 heavy (non-hydrogen) atoms. The van der Waals surface area contributed by atoms with E-state index in [0.29, 0.717) is 0 Å². The number of aliphatic hydroxyl groups is 1. The highest BCUT2D eigenvalue weighted by atomic mass is 32.2. The summed E-state index contributed by atoms with van der Waals surface area (Å²) < 4.78 is 63.9. The van der Waals surface area contributed by atoms with Crippen LogP contribution in [0.3, 0.4) is 0 Å². The fourth-order valence-electron chi connectivity index (χ4n) is 1.15. The lowest BCUT2D eigenvalue weighted by Gasteiger charge is -2.12. The van der Waals surface area contributed by atoms with E-state index >= 15 is 0 Å². The monoisotopic (exact) mass is 269 g/mol. The zero-order chi connectivity index (χ0) is 13.2. The third kappa shape index (κ3) is 3.18. The van der Waals surface area contributed by atoms with Crippen molar-refractivity contribution in [3.63, 3.8) is 0 Å². The number of aliphatic hydroxyl groups excluding tert-OH is 1. The van der Waals surface area contributed by atoms with Crippen LogP contribution in [0.15, 0.2) is 17.0 Å². The van der Waals surface area contributed by atoms with Gasteiger partial charge in [-0.1, -0.05) is 0 Å². The van der Waals surface area contributed by atoms with Gasteiger partial charge in [-0.15, -0.1) is 0 Å². The molecule has 1 atom stereocenters. The van der Waals surface area contributed by atoms with Gasteiger partial charge in [-0.05, 0) is 6.92 Å². The number of hydrogen-bond acceptors (Lipinski definition) is 3. The van der Waals surface area contributed by atoms with Gasteiger partial charge in [-0.3, -0.25) is 0 Å². The second kappa shape index (κ2) is 5.03. The van der Waals surface area contributed by atoms with E-state index in [1.807, 2.05) is 4.72 Å². The van der Waals surface area contributed by atoms with Gasteiger partial charge in [-0.25, -0.2) is 26.3 Å². The molecule has 1 aromatic carbocycles. The van der Waals surface area contributed by atoms with Crippen molar-refractivity contribution in [2.24, 2.45) is 0 Å². The predicted octanol–water partition coefficient (Wildman–Crippen LogP) is 0.763. The molecule has 0 spiro atoms. The maximum Gasteiger partial charge on any atom is 0.246 e. The minimum atomic E-state index is -4.48. The van der Waals surface area contributed by atoms with Crippen molar-refractivity contribution >= 4 is 10.0 Å². The Hall–Kier alpha value is -1.12. The molecule has 1 aromatic rings. The van der Waals surface area contributed by atoms with Crippen LogP contribution < -0.4 is 4.72 Å². The second-order valence-electron chi connectivity index (χ2n) is 3.40. The molecule has 0 saturated carbocycles. The first kappa shape index (κ1) is 13.9. The van der Waals surface area contributed by atoms with Crippen LogP contribution in [0.4, 0.5) is 13.2 Å². The van der Waals surface area contributed by atoms with Crippen molar-refractivity contribution in [1.82, 2.24) is 4.72 Å². The molecule has 0 heterocycles. The zero-order valence-corrected chi connectivity index (χ0v) is 9.56. The van der Waals surface area contributed by atoms with Crippen molar-refractivity contribution in [1.29, 1.82) is 0 Å². The van der Waals surface area contributed by atoms with Crippen LogP contribution in [-0.2, 0) is 10.0 Å². The average Bonchev–Trinajstić information content (AvgIpc) is 2.14. The Bertz CT molecular complexity index is 495. The van der Waals surface area contributed by atoms with Gasteiger partial charge in [0.1, 0.15) is 17.5 Å². The second-order valence-corrected chi connectivity index (χ2v) is 5.05. The molecule has 0 aliphatic carbocycles. The Morgan fingerprint density at radius 3 is 2.18 bits per heavy atom. The number of hydrogen-bond donors (Lipinski definition) is 2. The first-order valence-electron chi connectivity index (χ1n) is 4.55. The summed E-state index contributed by atoms with van der Waals surface area (Å²) in [6, 6.07) is -0.383. The van der Waals surface area contributed by atoms with Gasteiger partial charge < -0.3 is 5.11 Å². The van der Waals surface area contributed by atoms with E-state index in [0.717, 1.165) is 0 Å². The van der Waals surface area contributed by atoms with E-state index in [4.69, 9.17) is 5.11 Å². The van der Waals surface area contributed by atoms with Crippen LogP contribution in [0.1, 0.15) is 6.92 Å². The Labute approximate surface area is 96.1 Å². The summed E-state index contributed by atoms with van der Waals surface area (Å²) in [5, 5.41) is 8.65. The number of rotatable bonds is 4. The molecule has 8 heteroatoms. The lowest BCUT2D eigenvalue weighted by Crippen LogP contribution is -2.36. The highest BCUT2D eigenvalue weighted by Gasteiger charge is 2.26. The van der Waals surface area contributed by atoms with E-state index < -0.39 is 45.0 Å². The lowest BCUT2D eigenvalue weighted by atomic mass is 10.3. The molecule has 0 aromatic heterocycles. The molecule has 0 radical (unpaired) electrons. The van der Waals surface area contributed by atoms with Crippen LogP contribution in [0, 0.1) is 17.5 Å². The van der Waals surface area contributed by atoms with Crippen molar-refractivity contribution in [2.45, 2.75) is 17.9 Å². The van der Waals surface area contributed by atoms with Gasteiger partial charge in [0.2, 0.25) is 10.0 Å². The van der Waals surface area contributed by atoms with Crippen molar-refractivity contribution in [3.05, 3.63) is 29.6 Å². The third-order valence-electron chi connectivity index (χ3n) is 1.86. The van der Waals surface area contributed by atoms with Crippen molar-refractivity contribution in [2.75, 3.05) is 6.61 Å². The van der Waals surface area contributed by atoms with Crippen molar-refractivity contribution < 1.29 is 26.7 Å². The SMILES string of the molecule is C[C@@H](CO)NS(=O)(=O)c1c(F)cc(F)cc1F. The Balaban J connectivity index is 3.25. The van der Waals surface area contributed by atoms with Gasteiger partial charge in [-0.2, -0.15) is 0 Å². The lowest BCUT2D eigenvalue weighted by molar-refractivity contribution is 0.265. The van der Waals surface area contributed by atoms with E-state index in [1.165, 1.54) is 6.92 Å². The number of halogens is 3. The van der Waals surface area contributed by atoms with Gasteiger partial charge in [0.15, 0.2) is 4.90 Å². The fourth-order valence-corrected chi connectivity index (χ4v) is 2.50. The van der Waals surface area contributed by atoms with Crippen molar-refractivity contribution in [3.8, 4) is 0 Å². The molecular formula is C9H10F3NO3S. The van der Waals surface area contributed by atoms with E-state index in [9.17, 15) is 21.6 Å². The molecule has 0 amide bonds. The fraction of sp³-hybridized carbons (Fsp3) is 0.333. The molecule has 0 aliphatic rings. The first-order valence-corrected chi connectivity index (χ1v) is 6.04. The molecule has 4 nitrogen and oxygen atoms in total. The smallest absolute Gasteiger partial charge is 0.246 e. The van der Waals surface area contributed by atoms with Gasteiger partial charge in [0, 0.05) is 18.2 Å². The molecule has 0 unspecified atom stereocenters. The molecule has 2 N–H and O–H groups in total. The minimum absolute atomic E-state index is 0.265. The van der Waals surface area contributed by atoms with Gasteiger partial charge >= 0.3 is 0 Å². The largest absolute Gasteiger partial charge is 0.395 e. The van der Waals surface area contributed by atoms with Crippen LogP contribution in [0.25, 0.3) is 0 Å². The number of sulfonamides is 1. The molecule has 0 aliphatic heterocycles. The standard InChI is InChI=1S/C9H10F3NO3S/c1-5(4-14)13-17(15,16)9-7(11)2-6(10)3-8(9)12/h2-3,5,13-14H,4H2,1H3/t5-/m0/s1. The number of nitrogens with one attached hydrogen (secondary N) is 1. The average molecular weight is 269 g/mol. The number of benzene rings is 1. The van der Waals surface area contributed by atoms with E-state index in [2.05, 4.69) is 0 Å². The van der Waals surface area contributed by atoms with Gasteiger partial charge in [0.05, 0.1) is 6.61 Å². The summed E-state index contributed by atoms with van der Waals surface area (Å²) in [5.41, 5.74) is 0. The summed E-state index contributed by atoms with van der Waals surface area (Å²) in [6.45, 7) is 0.764. The van der Waals surface area contributed by atoms with E-state index in [-0.39, 0.29) is 12.1 Å². The molecule has 0 fully saturated rings. The Morgan fingerprint density at radius 2 is 1.76 bits per heavy atom. The van der Waals surface area contributed by atoms with E-state index in [1.54, 1.807) is 0 Å². The third-order valence-corrected chi connectivity index (χ3v) is 3.50. The summed E-state index contributed by atoms with van der Waals surface area (Å²) in [4.78, 5) is -1.26. The molecule has 96 valence electrons. The quantitative estimate of drug-likeness (QED) is 0.848. The predicted molar refractivity (Wildman–Crippen MR) is 53.2 cm³/mol. The molecule has 1 rings (SSSR count). The molecular weight excluding hydrogens is 259 g/mol. The first-order chi connectivity index (χ1) is 7.77. The summed E-state index contributed by atoms with van der Waals surface area (Å²) >= 11 is 0. The van der Waals surface area contributed by atoms with Crippen LogP contribution in [0.2, 0.25) is 0 Å². The maximum absolute atomic E-state index is 13.2. The highest BCUT2D eigenvalue weighted by Crippen LogP contribution is 2.20. The van der Waals surface area contributed by atoms with Crippen LogP contribution in [0.5, 0.6) is 0 Å². The Kier molecular flexibility index (Phi) is 4.12. The maximum atomic E-state index is 13.2. The Morgan fingerprint density at radius 1 is 1.29 bits per heavy atom. The van der Waals surface area contributed by atoms with Crippen LogP contribution in [-0.4, -0.2) is 26.2 Å². The molecule has 0 saturated heterocycles. The van der Waals surface area contributed by atoms with Gasteiger partial charge in [0.25, 0.3) is 0 Å². The minimum Gasteiger partial charge on any atom is -0.395 e. The summed E-state index contributed by atoms with van der Waals surface area (Å²) in [5.74, 6) is -4.27. The molecule has 0 bridgehead atoms. The summed E-state index contributed by atoms with van der Waals surface area (Å²) in [7, 11) is -4.48. The van der Waals surface area contributed by atoms with Crippen LogP contribution >= 0.6 is 0 Å².